The molecule has 138 valence electrons. The number of aromatic nitrogens is 1. The summed E-state index contributed by atoms with van der Waals surface area (Å²) in [5, 5.41) is -0.109. The third kappa shape index (κ3) is 4.68. The fraction of sp³-hybridized carbons (Fsp3) is 0.562. The zero-order valence-corrected chi connectivity index (χ0v) is 16.3. The molecular formula is C16H21Cl3N3O3+. The van der Waals surface area contributed by atoms with Crippen molar-refractivity contribution in [3.63, 3.8) is 0 Å². The SMILES string of the molecule is CC1CCC(N(C)C(=O)COC(=O)c2[nH+]c(Cl)c(Cl)c(N)c2Cl)CC1. The van der Waals surface area contributed by atoms with E-state index in [-0.39, 0.29) is 45.1 Å². The van der Waals surface area contributed by atoms with Crippen LogP contribution in [0.2, 0.25) is 15.2 Å². The first kappa shape index (κ1) is 20.1. The number of nitrogens with two attached hydrogens (primary N) is 1. The van der Waals surface area contributed by atoms with Gasteiger partial charge >= 0.3 is 11.7 Å². The van der Waals surface area contributed by atoms with Gasteiger partial charge in [0, 0.05) is 13.1 Å². The summed E-state index contributed by atoms with van der Waals surface area (Å²) >= 11 is 17.7. The van der Waals surface area contributed by atoms with Crippen LogP contribution in [-0.4, -0.2) is 36.5 Å². The van der Waals surface area contributed by atoms with Gasteiger partial charge in [0.15, 0.2) is 6.61 Å². The molecule has 0 radical (unpaired) electrons. The van der Waals surface area contributed by atoms with Crippen LogP contribution in [0.5, 0.6) is 0 Å². The predicted octanol–water partition coefficient (Wildman–Crippen LogP) is 3.24. The maximum Gasteiger partial charge on any atom is 0.405 e. The van der Waals surface area contributed by atoms with Gasteiger partial charge in [-0.25, -0.2) is 4.79 Å². The summed E-state index contributed by atoms with van der Waals surface area (Å²) in [6.07, 6.45) is 4.10. The molecule has 2 rings (SSSR count). The highest BCUT2D eigenvalue weighted by molar-refractivity contribution is 6.45. The highest BCUT2D eigenvalue weighted by Crippen LogP contribution is 2.32. The van der Waals surface area contributed by atoms with Crippen molar-refractivity contribution in [1.82, 2.24) is 4.90 Å². The number of rotatable bonds is 4. The number of H-pyrrole nitrogens is 1. The molecule has 0 atom stereocenters. The van der Waals surface area contributed by atoms with Gasteiger partial charge in [-0.3, -0.25) is 4.79 Å². The van der Waals surface area contributed by atoms with E-state index in [0.717, 1.165) is 25.7 Å². The largest absolute Gasteiger partial charge is 0.448 e. The Morgan fingerprint density at radius 3 is 2.40 bits per heavy atom. The van der Waals surface area contributed by atoms with Crippen LogP contribution in [0.3, 0.4) is 0 Å². The molecule has 6 nitrogen and oxygen atoms in total. The van der Waals surface area contributed by atoms with E-state index in [1.165, 1.54) is 0 Å². The topological polar surface area (TPSA) is 86.8 Å². The number of ether oxygens (including phenoxy) is 1. The molecule has 1 aliphatic carbocycles. The molecule has 0 unspecified atom stereocenters. The third-order valence-electron chi connectivity index (χ3n) is 4.58. The smallest absolute Gasteiger partial charge is 0.405 e. The number of hydrogen-bond donors (Lipinski definition) is 1. The van der Waals surface area contributed by atoms with E-state index in [1.807, 2.05) is 0 Å². The number of likely N-dealkylation sites (N-methyl/N-ethyl adjacent to an activating group) is 1. The average molecular weight is 410 g/mol. The second-order valence-electron chi connectivity index (χ2n) is 6.35. The van der Waals surface area contributed by atoms with Gasteiger partial charge in [-0.1, -0.05) is 30.1 Å². The zero-order valence-electron chi connectivity index (χ0n) is 14.1. The molecule has 0 saturated heterocycles. The fourth-order valence-electron chi connectivity index (χ4n) is 2.84. The number of hydrogen-bond acceptors (Lipinski definition) is 4. The molecule has 1 saturated carbocycles. The van der Waals surface area contributed by atoms with Crippen LogP contribution in [0, 0.1) is 5.92 Å². The minimum absolute atomic E-state index is 0.0190. The van der Waals surface area contributed by atoms with E-state index in [9.17, 15) is 9.59 Å². The number of esters is 1. The van der Waals surface area contributed by atoms with E-state index in [0.29, 0.717) is 5.92 Å². The molecule has 3 N–H and O–H groups in total. The molecule has 9 heteroatoms. The van der Waals surface area contributed by atoms with Crippen LogP contribution in [-0.2, 0) is 9.53 Å². The van der Waals surface area contributed by atoms with Crippen molar-refractivity contribution in [3.05, 3.63) is 20.9 Å². The molecular weight excluding hydrogens is 389 g/mol. The summed E-state index contributed by atoms with van der Waals surface area (Å²) in [5.74, 6) is -0.401. The number of carbonyl (C=O) groups excluding carboxylic acids is 2. The summed E-state index contributed by atoms with van der Waals surface area (Å²) < 4.78 is 5.05. The Bertz CT molecular complexity index is 676. The quantitative estimate of drug-likeness (QED) is 0.611. The summed E-state index contributed by atoms with van der Waals surface area (Å²) in [6, 6.07) is 0.179. The number of nitrogens with zero attached hydrogens (tertiary/aromatic N) is 1. The number of anilines is 1. The van der Waals surface area contributed by atoms with Crippen LogP contribution >= 0.6 is 34.8 Å². The van der Waals surface area contributed by atoms with Gasteiger partial charge in [0.25, 0.3) is 11.1 Å². The van der Waals surface area contributed by atoms with Gasteiger partial charge in [-0.15, -0.1) is 0 Å². The number of amides is 1. The highest BCUT2D eigenvalue weighted by atomic mass is 35.5. The Kier molecular flexibility index (Phi) is 6.77. The summed E-state index contributed by atoms with van der Waals surface area (Å²) in [6.45, 7) is 1.83. The lowest BCUT2D eigenvalue weighted by atomic mass is 9.87. The normalized spacial score (nSPS) is 20.2. The van der Waals surface area contributed by atoms with Crippen molar-refractivity contribution >= 4 is 52.4 Å². The lowest BCUT2D eigenvalue weighted by Gasteiger charge is -2.33. The number of nitrogens with one attached hydrogen (secondary N) is 1. The zero-order chi connectivity index (χ0) is 18.7. The molecule has 1 aromatic rings. The van der Waals surface area contributed by atoms with Crippen molar-refractivity contribution in [3.8, 4) is 0 Å². The van der Waals surface area contributed by atoms with Gasteiger partial charge in [0.1, 0.15) is 10.0 Å². The third-order valence-corrected chi connectivity index (χ3v) is 5.74. The maximum atomic E-state index is 12.3. The van der Waals surface area contributed by atoms with Crippen LogP contribution < -0.4 is 10.7 Å². The van der Waals surface area contributed by atoms with Crippen LogP contribution in [0.4, 0.5) is 5.69 Å². The number of halogens is 3. The van der Waals surface area contributed by atoms with Crippen LogP contribution in [0.15, 0.2) is 0 Å². The number of carbonyl (C=O) groups is 2. The van der Waals surface area contributed by atoms with Gasteiger partial charge in [-0.2, -0.15) is 4.98 Å². The van der Waals surface area contributed by atoms with Gasteiger partial charge in [0.2, 0.25) is 0 Å². The maximum absolute atomic E-state index is 12.3. The Hall–Kier alpha value is -1.24. The molecule has 1 amide bonds. The first-order valence-corrected chi connectivity index (χ1v) is 9.13. The fourth-order valence-corrected chi connectivity index (χ4v) is 3.45. The Morgan fingerprint density at radius 1 is 1.20 bits per heavy atom. The number of nitrogen functional groups attached to an aromatic ring is 1. The Morgan fingerprint density at radius 2 is 1.80 bits per heavy atom. The van der Waals surface area contributed by atoms with Crippen LogP contribution in [0.1, 0.15) is 43.1 Å². The van der Waals surface area contributed by atoms with Gasteiger partial charge in [0.05, 0.1) is 5.69 Å². The molecule has 25 heavy (non-hydrogen) atoms. The van der Waals surface area contributed by atoms with Gasteiger partial charge < -0.3 is 15.4 Å². The molecule has 1 heterocycles. The summed E-state index contributed by atoms with van der Waals surface area (Å²) in [7, 11) is 1.73. The van der Waals surface area contributed by atoms with E-state index < -0.39 is 5.97 Å². The molecule has 0 bridgehead atoms. The highest BCUT2D eigenvalue weighted by Gasteiger charge is 2.29. The molecule has 1 fully saturated rings. The van der Waals surface area contributed by atoms with Crippen molar-refractivity contribution < 1.29 is 19.3 Å². The summed E-state index contributed by atoms with van der Waals surface area (Å²) in [4.78, 5) is 28.6. The number of pyridine rings is 1. The van der Waals surface area contributed by atoms with Crippen molar-refractivity contribution in [2.75, 3.05) is 19.4 Å². The lowest BCUT2D eigenvalue weighted by Crippen LogP contribution is -2.41. The van der Waals surface area contributed by atoms with Crippen LogP contribution in [0.25, 0.3) is 0 Å². The Balaban J connectivity index is 1.97. The van der Waals surface area contributed by atoms with E-state index in [1.54, 1.807) is 11.9 Å². The van der Waals surface area contributed by atoms with Crippen molar-refractivity contribution in [2.24, 2.45) is 5.92 Å². The second-order valence-corrected chi connectivity index (χ2v) is 7.48. The van der Waals surface area contributed by atoms with E-state index in [2.05, 4.69) is 11.9 Å². The average Bonchev–Trinajstić information content (AvgIpc) is 2.60. The van der Waals surface area contributed by atoms with Crippen molar-refractivity contribution in [1.29, 1.82) is 0 Å². The molecule has 1 aliphatic rings. The lowest BCUT2D eigenvalue weighted by molar-refractivity contribution is -0.380. The molecule has 1 aromatic heterocycles. The Labute approximate surface area is 161 Å². The first-order valence-electron chi connectivity index (χ1n) is 8.00. The molecule has 0 aliphatic heterocycles. The number of aromatic amines is 1. The standard InChI is InChI=1S/C16H20Cl3N3O3/c1-8-3-5-9(6-4-8)22(2)10(23)7-25-16(24)14-11(17)13(20)12(18)15(19)21-14/h8-9H,3-7H2,1-2H3,(H2,20,21)/p+1. The second kappa shape index (κ2) is 8.43. The van der Waals surface area contributed by atoms with Gasteiger partial charge in [-0.05, 0) is 43.2 Å². The summed E-state index contributed by atoms with van der Waals surface area (Å²) in [5.41, 5.74) is 5.51. The first-order chi connectivity index (χ1) is 11.7. The van der Waals surface area contributed by atoms with Crippen molar-refractivity contribution in [2.45, 2.75) is 38.6 Å². The minimum atomic E-state index is -0.825. The molecule has 0 spiro atoms. The van der Waals surface area contributed by atoms with E-state index in [4.69, 9.17) is 45.3 Å². The van der Waals surface area contributed by atoms with E-state index >= 15 is 0 Å². The minimum Gasteiger partial charge on any atom is -0.448 e. The monoisotopic (exact) mass is 408 g/mol. The molecule has 0 aromatic carbocycles. The predicted molar refractivity (Wildman–Crippen MR) is 96.9 cm³/mol.